The third-order valence-corrected chi connectivity index (χ3v) is 6.25. The number of carbonyl (C=O) groups excluding carboxylic acids is 1. The number of halogens is 1. The zero-order valence-corrected chi connectivity index (χ0v) is 19.5. The summed E-state index contributed by atoms with van der Waals surface area (Å²) in [6.07, 6.45) is 1.52. The number of ether oxygens (including phenoxy) is 2. The number of carbonyl (C=O) groups is 1. The second-order valence-corrected chi connectivity index (χ2v) is 8.19. The quantitative estimate of drug-likeness (QED) is 0.458. The van der Waals surface area contributed by atoms with Gasteiger partial charge in [0.05, 0.1) is 18.5 Å². The van der Waals surface area contributed by atoms with E-state index in [9.17, 15) is 4.79 Å². The van der Waals surface area contributed by atoms with Gasteiger partial charge in [0.25, 0.3) is 0 Å². The molecule has 0 fully saturated rings. The maximum Gasteiger partial charge on any atom is 0.359 e. The lowest BCUT2D eigenvalue weighted by molar-refractivity contribution is 0.0458. The first-order valence-corrected chi connectivity index (χ1v) is 11.4. The number of nitrogens with zero attached hydrogens (tertiary/aromatic N) is 3. The molecule has 0 unspecified atom stereocenters. The first kappa shape index (κ1) is 22.4. The lowest BCUT2D eigenvalue weighted by atomic mass is 9.88. The number of hydrogen-bond donors (Lipinski definition) is 0. The summed E-state index contributed by atoms with van der Waals surface area (Å²) in [5.74, 6) is 0.443. The van der Waals surface area contributed by atoms with E-state index >= 15 is 0 Å². The number of methoxy groups -OCH3 is 1. The largest absolute Gasteiger partial charge is 0.497 e. The number of likely N-dealkylation sites (N-methyl/N-ethyl adjacent to an activating group) is 1. The van der Waals surface area contributed by atoms with E-state index in [1.165, 1.54) is 5.56 Å². The van der Waals surface area contributed by atoms with Gasteiger partial charge in [-0.1, -0.05) is 25.4 Å². The molecule has 0 bridgehead atoms. The molecule has 0 amide bonds. The molecular weight excluding hydrogens is 426 g/mol. The van der Waals surface area contributed by atoms with Crippen LogP contribution in [0.2, 0.25) is 5.02 Å². The molecule has 0 atom stereocenters. The number of fused-ring (bicyclic) bond motifs is 3. The molecule has 0 N–H and O–H groups in total. The average Bonchev–Trinajstić information content (AvgIpc) is 3.22. The molecule has 6 nitrogen and oxygen atoms in total. The van der Waals surface area contributed by atoms with Crippen LogP contribution in [0.25, 0.3) is 16.9 Å². The van der Waals surface area contributed by atoms with Crippen molar-refractivity contribution in [3.8, 4) is 22.7 Å². The zero-order chi connectivity index (χ0) is 22.7. The molecule has 2 aromatic carbocycles. The molecule has 1 aliphatic carbocycles. The summed E-state index contributed by atoms with van der Waals surface area (Å²) in [6.45, 7) is 7.10. The summed E-state index contributed by atoms with van der Waals surface area (Å²) < 4.78 is 12.9. The van der Waals surface area contributed by atoms with Crippen molar-refractivity contribution in [2.45, 2.75) is 26.7 Å². The number of esters is 1. The van der Waals surface area contributed by atoms with Gasteiger partial charge in [-0.25, -0.2) is 9.48 Å². The molecule has 0 saturated carbocycles. The first-order valence-electron chi connectivity index (χ1n) is 11.0. The summed E-state index contributed by atoms with van der Waals surface area (Å²) >= 11 is 6.10. The normalized spacial score (nSPS) is 12.4. The van der Waals surface area contributed by atoms with Gasteiger partial charge in [0, 0.05) is 22.7 Å². The van der Waals surface area contributed by atoms with Crippen molar-refractivity contribution >= 4 is 17.6 Å². The Hall–Kier alpha value is -2.83. The smallest absolute Gasteiger partial charge is 0.359 e. The minimum Gasteiger partial charge on any atom is -0.497 e. The minimum atomic E-state index is -0.377. The van der Waals surface area contributed by atoms with Crippen molar-refractivity contribution in [2.24, 2.45) is 0 Å². The Morgan fingerprint density at radius 1 is 1.12 bits per heavy atom. The second kappa shape index (κ2) is 9.76. The van der Waals surface area contributed by atoms with Crippen molar-refractivity contribution in [2.75, 3.05) is 33.4 Å². The van der Waals surface area contributed by atoms with Gasteiger partial charge in [0.1, 0.15) is 12.4 Å². The van der Waals surface area contributed by atoms with Crippen LogP contribution >= 0.6 is 11.6 Å². The highest BCUT2D eigenvalue weighted by Crippen LogP contribution is 2.38. The van der Waals surface area contributed by atoms with Crippen LogP contribution in [0, 0.1) is 0 Å². The second-order valence-electron chi connectivity index (χ2n) is 7.75. The van der Waals surface area contributed by atoms with Gasteiger partial charge in [-0.05, 0) is 74.0 Å². The summed E-state index contributed by atoms with van der Waals surface area (Å²) in [4.78, 5) is 15.2. The number of aryl methyl sites for hydroxylation is 1. The van der Waals surface area contributed by atoms with Crippen LogP contribution in [0.3, 0.4) is 0 Å². The monoisotopic (exact) mass is 453 g/mol. The van der Waals surface area contributed by atoms with E-state index < -0.39 is 0 Å². The van der Waals surface area contributed by atoms with E-state index in [2.05, 4.69) is 24.8 Å². The number of hydrogen-bond acceptors (Lipinski definition) is 5. The van der Waals surface area contributed by atoms with Crippen molar-refractivity contribution < 1.29 is 14.3 Å². The van der Waals surface area contributed by atoms with Crippen LogP contribution in [0.5, 0.6) is 5.75 Å². The third kappa shape index (κ3) is 4.38. The van der Waals surface area contributed by atoms with Crippen LogP contribution in [0.15, 0.2) is 42.5 Å². The molecule has 4 rings (SSSR count). The molecule has 32 heavy (non-hydrogen) atoms. The fourth-order valence-electron chi connectivity index (χ4n) is 4.17. The van der Waals surface area contributed by atoms with E-state index in [0.29, 0.717) is 30.3 Å². The van der Waals surface area contributed by atoms with Crippen LogP contribution in [-0.4, -0.2) is 54.0 Å². The standard InChI is InChI=1S/C25H28ClN3O3/c1-4-28(5-2)14-15-32-25(30)23-22-12-6-17-16-20(31-3)11-13-21(17)24(22)29(27-23)19-9-7-18(26)8-10-19/h7-11,13,16H,4-6,12,14-15H2,1-3H3. The Labute approximate surface area is 193 Å². The number of aromatic nitrogens is 2. The van der Waals surface area contributed by atoms with Crippen LogP contribution < -0.4 is 4.74 Å². The van der Waals surface area contributed by atoms with Crippen molar-refractivity contribution in [1.82, 2.24) is 14.7 Å². The maximum atomic E-state index is 13.0. The fraction of sp³-hybridized carbons (Fsp3) is 0.360. The summed E-state index contributed by atoms with van der Waals surface area (Å²) in [5, 5.41) is 5.37. The molecule has 0 spiro atoms. The average molecular weight is 454 g/mol. The van der Waals surface area contributed by atoms with Gasteiger partial charge >= 0.3 is 5.97 Å². The summed E-state index contributed by atoms with van der Waals surface area (Å²) in [5.41, 5.74) is 5.30. The molecule has 0 radical (unpaired) electrons. The van der Waals surface area contributed by atoms with Gasteiger partial charge in [0.2, 0.25) is 0 Å². The molecule has 1 aliphatic rings. The van der Waals surface area contributed by atoms with Gasteiger partial charge < -0.3 is 14.4 Å². The van der Waals surface area contributed by atoms with Gasteiger partial charge in [-0.15, -0.1) is 0 Å². The van der Waals surface area contributed by atoms with E-state index in [1.54, 1.807) is 7.11 Å². The predicted molar refractivity (Wildman–Crippen MR) is 126 cm³/mol. The Morgan fingerprint density at radius 2 is 1.88 bits per heavy atom. The number of rotatable bonds is 8. The van der Waals surface area contributed by atoms with Crippen LogP contribution in [-0.2, 0) is 17.6 Å². The Kier molecular flexibility index (Phi) is 6.82. The van der Waals surface area contributed by atoms with E-state index in [-0.39, 0.29) is 5.97 Å². The molecule has 0 aliphatic heterocycles. The van der Waals surface area contributed by atoms with Gasteiger partial charge in [-0.3, -0.25) is 0 Å². The molecule has 1 heterocycles. The zero-order valence-electron chi connectivity index (χ0n) is 18.7. The highest BCUT2D eigenvalue weighted by Gasteiger charge is 2.30. The molecule has 0 saturated heterocycles. The van der Waals surface area contributed by atoms with Crippen molar-refractivity contribution in [3.05, 3.63) is 64.3 Å². The van der Waals surface area contributed by atoms with Gasteiger partial charge in [0.15, 0.2) is 5.69 Å². The topological polar surface area (TPSA) is 56.6 Å². The molecular formula is C25H28ClN3O3. The SMILES string of the molecule is CCN(CC)CCOC(=O)c1nn(-c2ccc(Cl)cc2)c2c1CCc1cc(OC)ccc1-2. The van der Waals surface area contributed by atoms with Crippen molar-refractivity contribution in [3.63, 3.8) is 0 Å². The highest BCUT2D eigenvalue weighted by molar-refractivity contribution is 6.30. The summed E-state index contributed by atoms with van der Waals surface area (Å²) in [7, 11) is 1.67. The minimum absolute atomic E-state index is 0.344. The van der Waals surface area contributed by atoms with E-state index in [1.807, 2.05) is 41.1 Å². The molecule has 168 valence electrons. The van der Waals surface area contributed by atoms with Gasteiger partial charge in [-0.2, -0.15) is 5.10 Å². The number of benzene rings is 2. The third-order valence-electron chi connectivity index (χ3n) is 6.00. The Bertz CT molecular complexity index is 1100. The Balaban J connectivity index is 1.73. The molecule has 7 heteroatoms. The predicted octanol–water partition coefficient (Wildman–Crippen LogP) is 4.80. The van der Waals surface area contributed by atoms with Crippen molar-refractivity contribution in [1.29, 1.82) is 0 Å². The lowest BCUT2D eigenvalue weighted by Crippen LogP contribution is -2.28. The lowest BCUT2D eigenvalue weighted by Gasteiger charge is -2.20. The Morgan fingerprint density at radius 3 is 2.56 bits per heavy atom. The molecule has 3 aromatic rings. The molecule has 1 aromatic heterocycles. The summed E-state index contributed by atoms with van der Waals surface area (Å²) in [6, 6.07) is 13.5. The maximum absolute atomic E-state index is 13.0. The van der Waals surface area contributed by atoms with E-state index in [4.69, 9.17) is 26.2 Å². The fourth-order valence-corrected chi connectivity index (χ4v) is 4.29. The van der Waals surface area contributed by atoms with Crippen LogP contribution in [0.4, 0.5) is 0 Å². The van der Waals surface area contributed by atoms with E-state index in [0.717, 1.165) is 47.8 Å². The van der Waals surface area contributed by atoms with Crippen LogP contribution in [0.1, 0.15) is 35.5 Å². The highest BCUT2D eigenvalue weighted by atomic mass is 35.5. The first-order chi connectivity index (χ1) is 15.5.